The van der Waals surface area contributed by atoms with Crippen LogP contribution in [0.1, 0.15) is 33.3 Å². The van der Waals surface area contributed by atoms with Crippen molar-refractivity contribution in [3.63, 3.8) is 0 Å². The van der Waals surface area contributed by atoms with Crippen molar-refractivity contribution in [1.82, 2.24) is 5.01 Å². The summed E-state index contributed by atoms with van der Waals surface area (Å²) in [4.78, 5) is 0. The average molecular weight is 361 g/mol. The molecule has 2 aliphatic heterocycles. The van der Waals surface area contributed by atoms with Gasteiger partial charge in [0.1, 0.15) is 5.75 Å². The molecule has 0 spiro atoms. The molecule has 6 nitrogen and oxygen atoms in total. The topological polar surface area (TPSA) is 71.3 Å². The monoisotopic (exact) mass is 361 g/mol. The molecule has 0 saturated heterocycles. The summed E-state index contributed by atoms with van der Waals surface area (Å²) in [6, 6.07) is 7.63. The molecule has 0 aliphatic carbocycles. The van der Waals surface area contributed by atoms with E-state index < -0.39 is 10.0 Å². The predicted molar refractivity (Wildman–Crippen MR) is 100 cm³/mol. The molecule has 0 atom stereocenters. The fourth-order valence-electron chi connectivity index (χ4n) is 2.55. The second-order valence-corrected chi connectivity index (χ2v) is 9.25. The van der Waals surface area contributed by atoms with Gasteiger partial charge < -0.3 is 4.74 Å². The first-order chi connectivity index (χ1) is 11.6. The highest BCUT2D eigenvalue weighted by Gasteiger charge is 2.29. The van der Waals surface area contributed by atoms with Crippen molar-refractivity contribution in [2.75, 3.05) is 18.9 Å². The lowest BCUT2D eigenvalue weighted by Crippen LogP contribution is -2.39. The SMILES string of the molecule is CC1=NN2CCS(=O)(=O)N=C2C(c2ccc(OCC(C)(C)C)cc2)=C1. The van der Waals surface area contributed by atoms with Gasteiger partial charge in [0.15, 0.2) is 5.84 Å². The second kappa shape index (κ2) is 6.29. The number of hydrogen-bond donors (Lipinski definition) is 0. The third-order valence-electron chi connectivity index (χ3n) is 3.74. The number of ether oxygens (including phenoxy) is 1. The lowest BCUT2D eigenvalue weighted by molar-refractivity contribution is 0.198. The van der Waals surface area contributed by atoms with Gasteiger partial charge in [-0.2, -0.15) is 5.10 Å². The van der Waals surface area contributed by atoms with E-state index in [1.807, 2.05) is 37.3 Å². The Morgan fingerprint density at radius 2 is 1.88 bits per heavy atom. The van der Waals surface area contributed by atoms with Crippen LogP contribution >= 0.6 is 0 Å². The quantitative estimate of drug-likeness (QED) is 0.830. The largest absolute Gasteiger partial charge is 0.493 e. The lowest BCUT2D eigenvalue weighted by Gasteiger charge is -2.29. The average Bonchev–Trinajstić information content (AvgIpc) is 2.52. The number of benzene rings is 1. The lowest BCUT2D eigenvalue weighted by atomic mass is 9.98. The molecule has 0 amide bonds. The summed E-state index contributed by atoms with van der Waals surface area (Å²) in [7, 11) is -3.43. The van der Waals surface area contributed by atoms with Crippen molar-refractivity contribution in [2.45, 2.75) is 27.7 Å². The smallest absolute Gasteiger partial charge is 0.256 e. The minimum absolute atomic E-state index is 0.0137. The molecular formula is C18H23N3O3S. The Hall–Kier alpha value is -2.15. The van der Waals surface area contributed by atoms with E-state index in [1.54, 1.807) is 5.01 Å². The fraction of sp³-hybridized carbons (Fsp3) is 0.444. The molecule has 0 radical (unpaired) electrons. The Labute approximate surface area is 149 Å². The molecule has 0 saturated carbocycles. The van der Waals surface area contributed by atoms with E-state index in [-0.39, 0.29) is 11.2 Å². The van der Waals surface area contributed by atoms with Gasteiger partial charge in [-0.1, -0.05) is 32.9 Å². The summed E-state index contributed by atoms with van der Waals surface area (Å²) in [5.41, 5.74) is 2.56. The van der Waals surface area contributed by atoms with E-state index in [0.717, 1.165) is 22.6 Å². The van der Waals surface area contributed by atoms with Gasteiger partial charge in [0.25, 0.3) is 10.0 Å². The van der Waals surface area contributed by atoms with E-state index in [4.69, 9.17) is 4.74 Å². The molecule has 0 bridgehead atoms. The molecule has 1 aromatic carbocycles. The molecule has 2 aliphatic rings. The Morgan fingerprint density at radius 3 is 2.52 bits per heavy atom. The standard InChI is InChI=1S/C18H23N3O3S/c1-13-11-16(17-20-25(22,23)10-9-21(17)19-13)14-5-7-15(8-6-14)24-12-18(2,3)4/h5-8,11H,9-10,12H2,1-4H3. The Kier molecular flexibility index (Phi) is 4.45. The molecule has 134 valence electrons. The summed E-state index contributed by atoms with van der Waals surface area (Å²) in [5, 5.41) is 6.04. The van der Waals surface area contributed by atoms with Crippen molar-refractivity contribution >= 4 is 27.1 Å². The van der Waals surface area contributed by atoms with Crippen LogP contribution < -0.4 is 4.74 Å². The summed E-state index contributed by atoms with van der Waals surface area (Å²) < 4.78 is 33.5. The van der Waals surface area contributed by atoms with Crippen LogP contribution in [0.4, 0.5) is 0 Å². The van der Waals surface area contributed by atoms with Crippen LogP contribution in [0.15, 0.2) is 39.8 Å². The fourth-order valence-corrected chi connectivity index (χ4v) is 3.50. The van der Waals surface area contributed by atoms with Gasteiger partial charge in [-0.15, -0.1) is 4.40 Å². The van der Waals surface area contributed by atoms with Crippen molar-refractivity contribution in [1.29, 1.82) is 0 Å². The van der Waals surface area contributed by atoms with Crippen LogP contribution in [0.25, 0.3) is 5.57 Å². The van der Waals surface area contributed by atoms with Crippen LogP contribution in [0, 0.1) is 5.41 Å². The van der Waals surface area contributed by atoms with Crippen LogP contribution in [-0.2, 0) is 10.0 Å². The van der Waals surface area contributed by atoms with Gasteiger partial charge in [0, 0.05) is 5.57 Å². The zero-order valence-electron chi connectivity index (χ0n) is 15.0. The molecule has 2 heterocycles. The maximum absolute atomic E-state index is 11.9. The molecule has 0 aromatic heterocycles. The van der Waals surface area contributed by atoms with Gasteiger partial charge in [0.05, 0.1) is 24.6 Å². The number of allylic oxidation sites excluding steroid dienone is 1. The predicted octanol–water partition coefficient (Wildman–Crippen LogP) is 2.93. The number of hydrogen-bond acceptors (Lipinski definition) is 5. The minimum Gasteiger partial charge on any atom is -0.493 e. The number of nitrogens with zero attached hydrogens (tertiary/aromatic N) is 3. The summed E-state index contributed by atoms with van der Waals surface area (Å²) in [6.07, 6.45) is 1.86. The molecular weight excluding hydrogens is 338 g/mol. The molecule has 7 heteroatoms. The van der Waals surface area contributed by atoms with E-state index >= 15 is 0 Å². The van der Waals surface area contributed by atoms with E-state index in [0.29, 0.717) is 19.0 Å². The molecule has 3 rings (SSSR count). The van der Waals surface area contributed by atoms with Gasteiger partial charge in [0.2, 0.25) is 0 Å². The number of hydrazone groups is 1. The first kappa shape index (κ1) is 17.7. The van der Waals surface area contributed by atoms with E-state index in [1.165, 1.54) is 0 Å². The Bertz CT molecular complexity index is 860. The summed E-state index contributed by atoms with van der Waals surface area (Å²) in [5.74, 6) is 1.16. The van der Waals surface area contributed by atoms with Crippen molar-refractivity contribution in [3.05, 3.63) is 35.9 Å². The first-order valence-corrected chi connectivity index (χ1v) is 9.85. The maximum atomic E-state index is 11.9. The zero-order chi connectivity index (χ0) is 18.2. The van der Waals surface area contributed by atoms with Crippen molar-refractivity contribution < 1.29 is 13.2 Å². The minimum atomic E-state index is -3.43. The number of rotatable bonds is 3. The van der Waals surface area contributed by atoms with Crippen molar-refractivity contribution in [3.8, 4) is 5.75 Å². The summed E-state index contributed by atoms with van der Waals surface area (Å²) in [6.45, 7) is 9.19. The second-order valence-electron chi connectivity index (χ2n) is 7.50. The molecule has 0 fully saturated rings. The van der Waals surface area contributed by atoms with Gasteiger partial charge in [-0.25, -0.2) is 13.4 Å². The Morgan fingerprint density at radius 1 is 1.20 bits per heavy atom. The number of fused-ring (bicyclic) bond motifs is 1. The van der Waals surface area contributed by atoms with Crippen molar-refractivity contribution in [2.24, 2.45) is 14.9 Å². The summed E-state index contributed by atoms with van der Waals surface area (Å²) >= 11 is 0. The molecule has 1 aromatic rings. The highest BCUT2D eigenvalue weighted by Crippen LogP contribution is 2.27. The van der Waals surface area contributed by atoms with Crippen LogP contribution in [0.3, 0.4) is 0 Å². The van der Waals surface area contributed by atoms with Crippen LogP contribution in [0.2, 0.25) is 0 Å². The van der Waals surface area contributed by atoms with E-state index in [9.17, 15) is 8.42 Å². The number of sulfonamides is 1. The third-order valence-corrected chi connectivity index (χ3v) is 4.89. The normalized spacial score (nSPS) is 19.5. The molecule has 0 N–H and O–H groups in total. The van der Waals surface area contributed by atoms with Crippen LogP contribution in [0.5, 0.6) is 5.75 Å². The van der Waals surface area contributed by atoms with Gasteiger partial charge in [-0.05, 0) is 36.1 Å². The molecule has 0 unspecified atom stereocenters. The first-order valence-electron chi connectivity index (χ1n) is 8.24. The highest BCUT2D eigenvalue weighted by molar-refractivity contribution is 7.90. The highest BCUT2D eigenvalue weighted by atomic mass is 32.2. The Balaban J connectivity index is 1.89. The number of amidine groups is 1. The third kappa shape index (κ3) is 4.28. The van der Waals surface area contributed by atoms with Gasteiger partial charge >= 0.3 is 0 Å². The maximum Gasteiger partial charge on any atom is 0.256 e. The zero-order valence-corrected chi connectivity index (χ0v) is 15.8. The van der Waals surface area contributed by atoms with Gasteiger partial charge in [-0.3, -0.25) is 0 Å². The van der Waals surface area contributed by atoms with E-state index in [2.05, 4.69) is 30.3 Å². The molecule has 25 heavy (non-hydrogen) atoms. The van der Waals surface area contributed by atoms with Crippen LogP contribution in [-0.4, -0.2) is 43.9 Å².